The van der Waals surface area contributed by atoms with Crippen molar-refractivity contribution in [2.45, 2.75) is 36.6 Å². The summed E-state index contributed by atoms with van der Waals surface area (Å²) in [6.07, 6.45) is 7.19. The Morgan fingerprint density at radius 1 is 1.14 bits per heavy atom. The summed E-state index contributed by atoms with van der Waals surface area (Å²) < 4.78 is 24.2. The van der Waals surface area contributed by atoms with Crippen LogP contribution >= 0.6 is 0 Å². The fourth-order valence-electron chi connectivity index (χ4n) is 3.06. The Bertz CT molecular complexity index is 679. The predicted molar refractivity (Wildman–Crippen MR) is 80.5 cm³/mol. The number of benzene rings is 1. The molecule has 0 aromatic heterocycles. The van der Waals surface area contributed by atoms with Gasteiger partial charge in [-0.2, -0.15) is 0 Å². The molecule has 1 aliphatic heterocycles. The zero-order chi connectivity index (χ0) is 14.9. The van der Waals surface area contributed by atoms with Crippen molar-refractivity contribution in [1.29, 1.82) is 0 Å². The summed E-state index contributed by atoms with van der Waals surface area (Å²) in [7, 11) is -3.20. The molecule has 112 valence electrons. The summed E-state index contributed by atoms with van der Waals surface area (Å²) in [5.41, 5.74) is 0.725. The van der Waals surface area contributed by atoms with Gasteiger partial charge >= 0.3 is 0 Å². The molecule has 0 unspecified atom stereocenters. The maximum absolute atomic E-state index is 12.3. The summed E-state index contributed by atoms with van der Waals surface area (Å²) in [6.45, 7) is 0. The van der Waals surface area contributed by atoms with E-state index in [9.17, 15) is 13.2 Å². The van der Waals surface area contributed by atoms with Crippen molar-refractivity contribution >= 4 is 15.7 Å². The molecular formula is C16H19NO3S. The Labute approximate surface area is 125 Å². The molecule has 5 heteroatoms. The van der Waals surface area contributed by atoms with Gasteiger partial charge < -0.3 is 5.32 Å². The minimum atomic E-state index is -3.20. The summed E-state index contributed by atoms with van der Waals surface area (Å²) in [5.74, 6) is 0.152. The van der Waals surface area contributed by atoms with Crippen LogP contribution in [0.5, 0.6) is 0 Å². The minimum absolute atomic E-state index is 0.0145. The first-order valence-corrected chi connectivity index (χ1v) is 9.00. The van der Waals surface area contributed by atoms with Crippen molar-refractivity contribution < 1.29 is 13.2 Å². The van der Waals surface area contributed by atoms with Gasteiger partial charge in [0.05, 0.1) is 16.7 Å². The number of hydrogen-bond donors (Lipinski definition) is 1. The first-order valence-electron chi connectivity index (χ1n) is 7.35. The molecule has 1 aliphatic carbocycles. The lowest BCUT2D eigenvalue weighted by Gasteiger charge is -2.28. The topological polar surface area (TPSA) is 63.2 Å². The Morgan fingerprint density at radius 3 is 2.71 bits per heavy atom. The van der Waals surface area contributed by atoms with Gasteiger partial charge in [0.25, 0.3) is 0 Å². The van der Waals surface area contributed by atoms with E-state index in [1.165, 1.54) is 0 Å². The van der Waals surface area contributed by atoms with E-state index in [0.29, 0.717) is 11.3 Å². The number of fused-ring (bicyclic) bond motifs is 1. The minimum Gasteiger partial charge on any atom is -0.349 e. The Hall–Kier alpha value is -1.62. The highest BCUT2D eigenvalue weighted by Crippen LogP contribution is 2.32. The summed E-state index contributed by atoms with van der Waals surface area (Å²) in [6, 6.07) is 6.79. The molecule has 1 heterocycles. The van der Waals surface area contributed by atoms with Crippen LogP contribution in [0, 0.1) is 5.92 Å². The second-order valence-corrected chi connectivity index (χ2v) is 7.77. The van der Waals surface area contributed by atoms with Gasteiger partial charge in [-0.3, -0.25) is 4.79 Å². The molecule has 0 saturated heterocycles. The molecular weight excluding hydrogens is 286 g/mol. The van der Waals surface area contributed by atoms with E-state index in [0.717, 1.165) is 24.8 Å². The Balaban J connectivity index is 1.81. The van der Waals surface area contributed by atoms with E-state index in [1.54, 1.807) is 18.2 Å². The molecule has 1 aromatic rings. The standard InChI is InChI=1S/C16H19NO3S/c18-16(12-6-2-1-3-7-12)17-14-10-11-21(19,20)15-9-5-4-8-13(14)15/h1-2,4-5,8-9,12,14H,3,6-7,10-11H2,(H,17,18)/t12-,14-/m1/s1. The molecule has 0 saturated carbocycles. The summed E-state index contributed by atoms with van der Waals surface area (Å²) >= 11 is 0. The number of allylic oxidation sites excluding steroid dienone is 2. The second-order valence-electron chi connectivity index (χ2n) is 5.69. The average Bonchev–Trinajstić information content (AvgIpc) is 2.51. The van der Waals surface area contributed by atoms with Crippen molar-refractivity contribution in [3.63, 3.8) is 0 Å². The van der Waals surface area contributed by atoms with Gasteiger partial charge in [-0.15, -0.1) is 0 Å². The van der Waals surface area contributed by atoms with Crippen LogP contribution in [0.4, 0.5) is 0 Å². The second kappa shape index (κ2) is 5.64. The maximum Gasteiger partial charge on any atom is 0.223 e. The van der Waals surface area contributed by atoms with Gasteiger partial charge in [0.1, 0.15) is 0 Å². The maximum atomic E-state index is 12.3. The van der Waals surface area contributed by atoms with Crippen LogP contribution in [0.1, 0.15) is 37.3 Å². The highest BCUT2D eigenvalue weighted by Gasteiger charge is 2.32. The van der Waals surface area contributed by atoms with Crippen LogP contribution in [-0.2, 0) is 14.6 Å². The monoisotopic (exact) mass is 305 g/mol. The number of sulfone groups is 1. The van der Waals surface area contributed by atoms with Gasteiger partial charge in [0.2, 0.25) is 5.91 Å². The first-order chi connectivity index (χ1) is 10.1. The highest BCUT2D eigenvalue weighted by molar-refractivity contribution is 7.91. The lowest BCUT2D eigenvalue weighted by Crippen LogP contribution is -2.37. The normalized spacial score (nSPS) is 26.9. The average molecular weight is 305 g/mol. The molecule has 1 aromatic carbocycles. The number of carbonyl (C=O) groups excluding carboxylic acids is 1. The van der Waals surface area contributed by atoms with Crippen LogP contribution in [0.2, 0.25) is 0 Å². The first kappa shape index (κ1) is 14.3. The van der Waals surface area contributed by atoms with Gasteiger partial charge in [-0.1, -0.05) is 30.4 Å². The summed E-state index contributed by atoms with van der Waals surface area (Å²) in [5, 5.41) is 3.05. The fraction of sp³-hybridized carbons (Fsp3) is 0.438. The zero-order valence-corrected chi connectivity index (χ0v) is 12.6. The van der Waals surface area contributed by atoms with Crippen molar-refractivity contribution in [2.75, 3.05) is 5.75 Å². The van der Waals surface area contributed by atoms with Crippen LogP contribution in [0.15, 0.2) is 41.3 Å². The van der Waals surface area contributed by atoms with Crippen LogP contribution < -0.4 is 5.32 Å². The van der Waals surface area contributed by atoms with Gasteiger partial charge in [0, 0.05) is 5.92 Å². The van der Waals surface area contributed by atoms with Gasteiger partial charge in [-0.25, -0.2) is 8.42 Å². The third-order valence-corrected chi connectivity index (χ3v) is 6.08. The number of rotatable bonds is 2. The molecule has 3 rings (SSSR count). The fourth-order valence-corrected chi connectivity index (χ4v) is 4.68. The molecule has 4 nitrogen and oxygen atoms in total. The van der Waals surface area contributed by atoms with E-state index in [-0.39, 0.29) is 23.6 Å². The van der Waals surface area contributed by atoms with Crippen molar-refractivity contribution in [2.24, 2.45) is 5.92 Å². The zero-order valence-electron chi connectivity index (χ0n) is 11.8. The lowest BCUT2D eigenvalue weighted by atomic mass is 9.92. The van der Waals surface area contributed by atoms with Gasteiger partial charge in [0.15, 0.2) is 9.84 Å². The quantitative estimate of drug-likeness (QED) is 0.853. The number of hydrogen-bond acceptors (Lipinski definition) is 3. The summed E-state index contributed by atoms with van der Waals surface area (Å²) in [4.78, 5) is 12.7. The largest absolute Gasteiger partial charge is 0.349 e. The van der Waals surface area contributed by atoms with E-state index in [2.05, 4.69) is 11.4 Å². The van der Waals surface area contributed by atoms with E-state index < -0.39 is 9.84 Å². The third kappa shape index (κ3) is 2.88. The molecule has 1 amide bonds. The predicted octanol–water partition coefficient (Wildman–Crippen LogP) is 2.38. The number of carbonyl (C=O) groups is 1. The Kier molecular flexibility index (Phi) is 3.85. The van der Waals surface area contributed by atoms with E-state index in [4.69, 9.17) is 0 Å². The van der Waals surface area contributed by atoms with Gasteiger partial charge in [-0.05, 0) is 37.3 Å². The van der Waals surface area contributed by atoms with Crippen molar-refractivity contribution in [1.82, 2.24) is 5.32 Å². The molecule has 1 N–H and O–H groups in total. The van der Waals surface area contributed by atoms with Crippen LogP contribution in [0.3, 0.4) is 0 Å². The molecule has 2 atom stereocenters. The third-order valence-electron chi connectivity index (χ3n) is 4.26. The van der Waals surface area contributed by atoms with E-state index >= 15 is 0 Å². The smallest absolute Gasteiger partial charge is 0.223 e. The molecule has 0 fully saturated rings. The highest BCUT2D eigenvalue weighted by atomic mass is 32.2. The molecule has 21 heavy (non-hydrogen) atoms. The number of amides is 1. The van der Waals surface area contributed by atoms with Crippen LogP contribution in [-0.4, -0.2) is 20.1 Å². The Morgan fingerprint density at radius 2 is 1.95 bits per heavy atom. The molecule has 0 radical (unpaired) electrons. The SMILES string of the molecule is O=C(N[C@@H]1CCS(=O)(=O)c2ccccc21)[C@@H]1CC=CCC1. The van der Waals surface area contributed by atoms with Crippen LogP contribution in [0.25, 0.3) is 0 Å². The molecule has 0 bridgehead atoms. The lowest BCUT2D eigenvalue weighted by molar-refractivity contribution is -0.126. The molecule has 0 spiro atoms. The van der Waals surface area contributed by atoms with Crippen molar-refractivity contribution in [3.8, 4) is 0 Å². The van der Waals surface area contributed by atoms with Crippen molar-refractivity contribution in [3.05, 3.63) is 42.0 Å². The number of nitrogens with one attached hydrogen (secondary N) is 1. The van der Waals surface area contributed by atoms with E-state index in [1.807, 2.05) is 12.1 Å². The molecule has 2 aliphatic rings.